The van der Waals surface area contributed by atoms with E-state index in [9.17, 15) is 9.59 Å². The van der Waals surface area contributed by atoms with Gasteiger partial charge in [0.25, 0.3) is 5.91 Å². The summed E-state index contributed by atoms with van der Waals surface area (Å²) < 4.78 is 2.31. The van der Waals surface area contributed by atoms with Crippen molar-refractivity contribution in [3.8, 4) is 0 Å². The molecule has 0 saturated carbocycles. The van der Waals surface area contributed by atoms with Crippen molar-refractivity contribution >= 4 is 55.9 Å². The van der Waals surface area contributed by atoms with E-state index in [1.807, 2.05) is 30.3 Å². The topological polar surface area (TPSA) is 91.3 Å². The number of fused-ring (bicyclic) bond motifs is 5. The Morgan fingerprint density at radius 1 is 0.827 bits per heavy atom. The van der Waals surface area contributed by atoms with Crippen molar-refractivity contribution in [3.63, 3.8) is 0 Å². The molecule has 8 heteroatoms. The number of hydrogen-bond donors (Lipinski definition) is 3. The number of carbonyl (C=O) groups is 2. The molecule has 1 atom stereocenters. The third kappa shape index (κ3) is 7.00. The molecule has 2 aromatic heterocycles. The van der Waals surface area contributed by atoms with Crippen molar-refractivity contribution in [1.29, 1.82) is 0 Å². The van der Waals surface area contributed by atoms with Gasteiger partial charge in [-0.05, 0) is 112 Å². The monoisotopic (exact) mass is 692 g/mol. The molecule has 6 aromatic rings. The molecule has 8 nitrogen and oxygen atoms in total. The van der Waals surface area contributed by atoms with Crippen molar-refractivity contribution in [3.05, 3.63) is 113 Å². The average molecular weight is 693 g/mol. The summed E-state index contributed by atoms with van der Waals surface area (Å²) in [5.41, 5.74) is 9.92. The Hall–Kier alpha value is -5.21. The lowest BCUT2D eigenvalue weighted by atomic mass is 9.92. The highest BCUT2D eigenvalue weighted by molar-refractivity contribution is 6.11. The van der Waals surface area contributed by atoms with E-state index < -0.39 is 0 Å². The van der Waals surface area contributed by atoms with Gasteiger partial charge in [-0.2, -0.15) is 0 Å². The van der Waals surface area contributed by atoms with Crippen molar-refractivity contribution in [2.75, 3.05) is 36.8 Å². The van der Waals surface area contributed by atoms with E-state index in [0.717, 1.165) is 87.0 Å². The number of unbranched alkanes of at least 4 members (excludes halogenated alkanes) is 1. The Labute approximate surface area is 305 Å². The van der Waals surface area contributed by atoms with E-state index in [-0.39, 0.29) is 17.7 Å². The van der Waals surface area contributed by atoms with Gasteiger partial charge in [0.2, 0.25) is 5.91 Å². The van der Waals surface area contributed by atoms with Crippen molar-refractivity contribution in [2.24, 2.45) is 5.92 Å². The molecule has 266 valence electrons. The number of aromatic nitrogens is 2. The van der Waals surface area contributed by atoms with Crippen LogP contribution in [-0.2, 0) is 30.7 Å². The number of nitrogens with zero attached hydrogens (tertiary/aromatic N) is 3. The van der Waals surface area contributed by atoms with Crippen LogP contribution in [0.2, 0.25) is 0 Å². The number of aryl methyl sites for hydroxylation is 2. The molecule has 1 aliphatic carbocycles. The number of rotatable bonds is 12. The lowest BCUT2D eigenvalue weighted by Gasteiger charge is -2.21. The largest absolute Gasteiger partial charge is 0.384 e. The summed E-state index contributed by atoms with van der Waals surface area (Å²) in [6, 6.07) is 30.8. The lowest BCUT2D eigenvalue weighted by molar-refractivity contribution is -0.124. The van der Waals surface area contributed by atoms with Crippen molar-refractivity contribution in [2.45, 2.75) is 65.0 Å². The van der Waals surface area contributed by atoms with Crippen LogP contribution in [0.15, 0.2) is 91.0 Å². The number of likely N-dealkylation sites (tertiary alicyclic amines) is 1. The van der Waals surface area contributed by atoms with Gasteiger partial charge in [0, 0.05) is 82.5 Å². The molecule has 1 saturated heterocycles. The van der Waals surface area contributed by atoms with Gasteiger partial charge in [0.15, 0.2) is 0 Å². The number of para-hydroxylation sites is 2. The standard InChI is InChI=1S/C44H48N6O2/c1-2-50-40-16-8-5-11-34(40)37-27-33(21-22-41(37)50)47-44(52)31-19-17-30(18-20-31)28-49-26-23-32(29-49)43(51)46-25-10-9-24-45-42-35-12-3-6-14-38(35)48-39-15-7-4-13-36(39)42/h3,5-6,8,11-12,14,16-22,27,32H,2,4,7,9-10,13,15,23-26,28-29H2,1H3,(H,45,48)(H,46,51)(H,47,52)/t32-/m0/s1. The Bertz CT molecular complexity index is 2240. The zero-order chi connectivity index (χ0) is 35.4. The highest BCUT2D eigenvalue weighted by Gasteiger charge is 2.28. The maximum absolute atomic E-state index is 13.2. The second kappa shape index (κ2) is 15.2. The average Bonchev–Trinajstić information content (AvgIpc) is 3.78. The third-order valence-corrected chi connectivity index (χ3v) is 11.0. The van der Waals surface area contributed by atoms with E-state index in [2.05, 4.69) is 93.0 Å². The van der Waals surface area contributed by atoms with E-state index >= 15 is 0 Å². The molecule has 0 spiro atoms. The van der Waals surface area contributed by atoms with Crippen LogP contribution < -0.4 is 16.0 Å². The van der Waals surface area contributed by atoms with Gasteiger partial charge >= 0.3 is 0 Å². The summed E-state index contributed by atoms with van der Waals surface area (Å²) in [5.74, 6) is 0.0549. The summed E-state index contributed by atoms with van der Waals surface area (Å²) in [6.45, 7) is 7.05. The van der Waals surface area contributed by atoms with E-state index in [4.69, 9.17) is 4.98 Å². The van der Waals surface area contributed by atoms with Gasteiger partial charge in [-0.15, -0.1) is 0 Å². The molecule has 8 rings (SSSR count). The molecule has 0 unspecified atom stereocenters. The van der Waals surface area contributed by atoms with E-state index in [1.165, 1.54) is 51.6 Å². The molecule has 2 amide bonds. The van der Waals surface area contributed by atoms with Crippen molar-refractivity contribution < 1.29 is 9.59 Å². The summed E-state index contributed by atoms with van der Waals surface area (Å²) in [5, 5.41) is 13.6. The zero-order valence-electron chi connectivity index (χ0n) is 30.1. The van der Waals surface area contributed by atoms with E-state index in [1.54, 1.807) is 0 Å². The number of anilines is 2. The van der Waals surface area contributed by atoms with Crippen LogP contribution in [0.3, 0.4) is 0 Å². The van der Waals surface area contributed by atoms with Crippen LogP contribution in [0, 0.1) is 5.92 Å². The van der Waals surface area contributed by atoms with E-state index in [0.29, 0.717) is 12.1 Å². The third-order valence-electron chi connectivity index (χ3n) is 11.0. The predicted molar refractivity (Wildman–Crippen MR) is 212 cm³/mol. The van der Waals surface area contributed by atoms with Crippen LogP contribution in [0.1, 0.15) is 66.2 Å². The number of hydrogen-bond acceptors (Lipinski definition) is 5. The zero-order valence-corrected chi connectivity index (χ0v) is 30.1. The first kappa shape index (κ1) is 33.9. The van der Waals surface area contributed by atoms with Gasteiger partial charge in [-0.1, -0.05) is 48.5 Å². The number of amides is 2. The number of benzene rings is 4. The minimum atomic E-state index is -0.122. The molecule has 1 fully saturated rings. The fourth-order valence-corrected chi connectivity index (χ4v) is 8.28. The molecular weight excluding hydrogens is 645 g/mol. The lowest BCUT2D eigenvalue weighted by Crippen LogP contribution is -2.33. The summed E-state index contributed by atoms with van der Waals surface area (Å²) in [4.78, 5) is 33.5. The molecular formula is C44H48N6O2. The normalized spacial score (nSPS) is 16.0. The Morgan fingerprint density at radius 3 is 2.46 bits per heavy atom. The highest BCUT2D eigenvalue weighted by Crippen LogP contribution is 2.34. The Balaban J connectivity index is 0.782. The van der Waals surface area contributed by atoms with Crippen LogP contribution in [0.25, 0.3) is 32.7 Å². The Kier molecular flexibility index (Phi) is 9.90. The SMILES string of the molecule is CCn1c2ccccc2c2cc(NC(=O)c3ccc(CN4CC[C@H](C(=O)NCCCCNc5c6c(nc7ccccc57)CCCC6)C4)cc3)ccc21. The maximum atomic E-state index is 13.2. The molecule has 1 aliphatic heterocycles. The molecule has 2 aliphatic rings. The smallest absolute Gasteiger partial charge is 0.255 e. The molecule has 3 heterocycles. The van der Waals surface area contributed by atoms with Gasteiger partial charge < -0.3 is 20.5 Å². The minimum absolute atomic E-state index is 0.0153. The molecule has 0 bridgehead atoms. The number of nitrogens with one attached hydrogen (secondary N) is 3. The Morgan fingerprint density at radius 2 is 1.60 bits per heavy atom. The second-order valence-corrected chi connectivity index (χ2v) is 14.4. The second-order valence-electron chi connectivity index (χ2n) is 14.4. The minimum Gasteiger partial charge on any atom is -0.384 e. The fourth-order valence-electron chi connectivity index (χ4n) is 8.28. The van der Waals surface area contributed by atoms with Crippen LogP contribution in [0.5, 0.6) is 0 Å². The molecule has 3 N–H and O–H groups in total. The number of pyridine rings is 1. The molecule has 0 radical (unpaired) electrons. The van der Waals surface area contributed by atoms with Crippen LogP contribution in [0.4, 0.5) is 11.4 Å². The summed E-state index contributed by atoms with van der Waals surface area (Å²) in [7, 11) is 0. The first-order valence-electron chi connectivity index (χ1n) is 19.1. The van der Waals surface area contributed by atoms with Gasteiger partial charge in [-0.3, -0.25) is 19.5 Å². The summed E-state index contributed by atoms with van der Waals surface area (Å²) >= 11 is 0. The summed E-state index contributed by atoms with van der Waals surface area (Å²) in [6.07, 6.45) is 7.41. The van der Waals surface area contributed by atoms with Gasteiger partial charge in [0.05, 0.1) is 11.4 Å². The quantitative estimate of drug-likeness (QED) is 0.112. The van der Waals surface area contributed by atoms with Crippen LogP contribution >= 0.6 is 0 Å². The van der Waals surface area contributed by atoms with Gasteiger partial charge in [0.1, 0.15) is 0 Å². The maximum Gasteiger partial charge on any atom is 0.255 e. The first-order valence-corrected chi connectivity index (χ1v) is 19.1. The number of carbonyl (C=O) groups excluding carboxylic acids is 2. The fraction of sp³-hybridized carbons (Fsp3) is 0.341. The highest BCUT2D eigenvalue weighted by atomic mass is 16.2. The van der Waals surface area contributed by atoms with Crippen molar-refractivity contribution in [1.82, 2.24) is 19.8 Å². The van der Waals surface area contributed by atoms with Gasteiger partial charge in [-0.25, -0.2) is 0 Å². The molecule has 4 aromatic carbocycles. The molecule has 52 heavy (non-hydrogen) atoms. The van der Waals surface area contributed by atoms with Crippen LogP contribution in [-0.4, -0.2) is 52.4 Å². The first-order chi connectivity index (χ1) is 25.6. The predicted octanol–water partition coefficient (Wildman–Crippen LogP) is 8.32.